The van der Waals surface area contributed by atoms with E-state index in [1.807, 2.05) is 55.7 Å². The van der Waals surface area contributed by atoms with Gasteiger partial charge in [-0.05, 0) is 32.0 Å². The van der Waals surface area contributed by atoms with Crippen LogP contribution < -0.4 is 5.32 Å². The molecule has 0 aliphatic rings. The molecule has 3 nitrogen and oxygen atoms in total. The SMILES string of the molecule is CNC(C)CC=Cc1cnc2cc(-c3ccccc3)oc2c1. The zero-order chi connectivity index (χ0) is 15.4. The van der Waals surface area contributed by atoms with E-state index in [9.17, 15) is 0 Å². The lowest BCUT2D eigenvalue weighted by atomic mass is 10.1. The van der Waals surface area contributed by atoms with Gasteiger partial charge >= 0.3 is 0 Å². The highest BCUT2D eigenvalue weighted by atomic mass is 16.3. The average molecular weight is 292 g/mol. The summed E-state index contributed by atoms with van der Waals surface area (Å²) in [5.41, 5.74) is 3.84. The van der Waals surface area contributed by atoms with E-state index in [1.165, 1.54) is 0 Å². The molecule has 112 valence electrons. The fraction of sp³-hybridized carbons (Fsp3) is 0.211. The van der Waals surface area contributed by atoms with Gasteiger partial charge in [0.2, 0.25) is 0 Å². The molecule has 0 fully saturated rings. The average Bonchev–Trinajstić information content (AvgIpc) is 2.99. The third kappa shape index (κ3) is 3.26. The molecule has 22 heavy (non-hydrogen) atoms. The third-order valence-corrected chi connectivity index (χ3v) is 3.74. The summed E-state index contributed by atoms with van der Waals surface area (Å²) in [6, 6.07) is 14.6. The van der Waals surface area contributed by atoms with Crippen LogP contribution in [0.1, 0.15) is 18.9 Å². The number of nitrogens with one attached hydrogen (secondary N) is 1. The first-order valence-electron chi connectivity index (χ1n) is 7.55. The molecule has 0 amide bonds. The van der Waals surface area contributed by atoms with E-state index in [2.05, 4.69) is 29.4 Å². The Bertz CT molecular complexity index is 774. The second kappa shape index (κ2) is 6.58. The third-order valence-electron chi connectivity index (χ3n) is 3.74. The Morgan fingerprint density at radius 1 is 1.23 bits per heavy atom. The Hall–Kier alpha value is -2.39. The lowest BCUT2D eigenvalue weighted by Gasteiger charge is -2.04. The summed E-state index contributed by atoms with van der Waals surface area (Å²) in [5, 5.41) is 3.22. The van der Waals surface area contributed by atoms with Gasteiger partial charge in [-0.1, -0.05) is 42.5 Å². The molecule has 0 saturated heterocycles. The maximum Gasteiger partial charge on any atom is 0.153 e. The van der Waals surface area contributed by atoms with E-state index >= 15 is 0 Å². The van der Waals surface area contributed by atoms with Gasteiger partial charge in [-0.3, -0.25) is 4.98 Å². The van der Waals surface area contributed by atoms with Gasteiger partial charge in [0, 0.05) is 23.9 Å². The number of aromatic nitrogens is 1. The van der Waals surface area contributed by atoms with Gasteiger partial charge in [0.25, 0.3) is 0 Å². The molecule has 1 unspecified atom stereocenters. The standard InChI is InChI=1S/C19H20N2O/c1-14(20-2)7-6-8-15-11-19-17(21-13-15)12-18(22-19)16-9-4-3-5-10-16/h3-6,8-14,20H,7H2,1-2H3. The second-order valence-corrected chi connectivity index (χ2v) is 5.46. The fourth-order valence-corrected chi connectivity index (χ4v) is 2.29. The normalized spacial score (nSPS) is 13.0. The van der Waals surface area contributed by atoms with Crippen molar-refractivity contribution in [2.45, 2.75) is 19.4 Å². The van der Waals surface area contributed by atoms with E-state index in [1.54, 1.807) is 0 Å². The van der Waals surface area contributed by atoms with Crippen molar-refractivity contribution < 1.29 is 4.42 Å². The monoisotopic (exact) mass is 292 g/mol. The summed E-state index contributed by atoms with van der Waals surface area (Å²) in [4.78, 5) is 4.48. The van der Waals surface area contributed by atoms with Gasteiger partial charge in [-0.25, -0.2) is 0 Å². The summed E-state index contributed by atoms with van der Waals surface area (Å²) in [7, 11) is 1.97. The number of furan rings is 1. The first-order chi connectivity index (χ1) is 10.8. The number of fused-ring (bicyclic) bond motifs is 1. The van der Waals surface area contributed by atoms with Crippen LogP contribution in [0, 0.1) is 0 Å². The van der Waals surface area contributed by atoms with Crippen LogP contribution in [0.15, 0.2) is 59.2 Å². The molecule has 2 aromatic heterocycles. The predicted molar refractivity (Wildman–Crippen MR) is 91.6 cm³/mol. The van der Waals surface area contributed by atoms with Gasteiger partial charge < -0.3 is 9.73 Å². The molecule has 2 heterocycles. The van der Waals surface area contributed by atoms with E-state index < -0.39 is 0 Å². The van der Waals surface area contributed by atoms with Gasteiger partial charge in [-0.2, -0.15) is 0 Å². The Balaban J connectivity index is 1.84. The van der Waals surface area contributed by atoms with Gasteiger partial charge in [-0.15, -0.1) is 0 Å². The molecule has 0 aliphatic carbocycles. The van der Waals surface area contributed by atoms with Crippen LogP contribution in [-0.4, -0.2) is 18.1 Å². The summed E-state index contributed by atoms with van der Waals surface area (Å²) in [6.45, 7) is 2.16. The quantitative estimate of drug-likeness (QED) is 0.752. The van der Waals surface area contributed by atoms with Gasteiger partial charge in [0.1, 0.15) is 11.3 Å². The molecule has 1 N–H and O–H groups in total. The molecule has 0 bridgehead atoms. The minimum Gasteiger partial charge on any atom is -0.454 e. The number of pyridine rings is 1. The Labute approximate surface area is 130 Å². The number of hydrogen-bond donors (Lipinski definition) is 1. The lowest BCUT2D eigenvalue weighted by molar-refractivity contribution is 0.621. The van der Waals surface area contributed by atoms with Crippen LogP contribution in [0.4, 0.5) is 0 Å². The molecule has 0 saturated carbocycles. The molecule has 3 rings (SSSR count). The van der Waals surface area contributed by atoms with Crippen molar-refractivity contribution in [3.8, 4) is 11.3 Å². The molecule has 3 heteroatoms. The van der Waals surface area contributed by atoms with Crippen LogP contribution in [-0.2, 0) is 0 Å². The molecule has 0 radical (unpaired) electrons. The van der Waals surface area contributed by atoms with Crippen LogP contribution in [0.3, 0.4) is 0 Å². The van der Waals surface area contributed by atoms with E-state index in [4.69, 9.17) is 4.42 Å². The van der Waals surface area contributed by atoms with Crippen molar-refractivity contribution in [2.24, 2.45) is 0 Å². The van der Waals surface area contributed by atoms with Crippen LogP contribution >= 0.6 is 0 Å². The van der Waals surface area contributed by atoms with Crippen LogP contribution in [0.2, 0.25) is 0 Å². The number of rotatable bonds is 5. The van der Waals surface area contributed by atoms with Crippen LogP contribution in [0.5, 0.6) is 0 Å². The molecule has 3 aromatic rings. The summed E-state index contributed by atoms with van der Waals surface area (Å²) in [5.74, 6) is 0.855. The fourth-order valence-electron chi connectivity index (χ4n) is 2.29. The molecule has 0 spiro atoms. The van der Waals surface area contributed by atoms with E-state index in [0.717, 1.165) is 34.4 Å². The first kappa shape index (κ1) is 14.5. The van der Waals surface area contributed by atoms with Gasteiger partial charge in [0.05, 0.1) is 0 Å². The Morgan fingerprint density at radius 2 is 2.05 bits per heavy atom. The predicted octanol–water partition coefficient (Wildman–Crippen LogP) is 4.51. The number of nitrogens with zero attached hydrogens (tertiary/aromatic N) is 1. The van der Waals surface area contributed by atoms with Crippen molar-refractivity contribution in [3.63, 3.8) is 0 Å². The molecule has 1 aromatic carbocycles. The van der Waals surface area contributed by atoms with Gasteiger partial charge in [0.15, 0.2) is 5.58 Å². The largest absolute Gasteiger partial charge is 0.454 e. The summed E-state index contributed by atoms with van der Waals surface area (Å²) >= 11 is 0. The Kier molecular flexibility index (Phi) is 4.35. The topological polar surface area (TPSA) is 38.1 Å². The summed E-state index contributed by atoms with van der Waals surface area (Å²) in [6.07, 6.45) is 7.12. The molecule has 0 aliphatic heterocycles. The maximum atomic E-state index is 5.93. The summed E-state index contributed by atoms with van der Waals surface area (Å²) < 4.78 is 5.93. The maximum absolute atomic E-state index is 5.93. The molecular weight excluding hydrogens is 272 g/mol. The number of hydrogen-bond acceptors (Lipinski definition) is 3. The van der Waals surface area contributed by atoms with Crippen molar-refractivity contribution in [1.29, 1.82) is 0 Å². The minimum atomic E-state index is 0.473. The smallest absolute Gasteiger partial charge is 0.153 e. The highest BCUT2D eigenvalue weighted by Gasteiger charge is 2.07. The lowest BCUT2D eigenvalue weighted by Crippen LogP contribution is -2.19. The highest BCUT2D eigenvalue weighted by molar-refractivity contribution is 5.80. The van der Waals surface area contributed by atoms with E-state index in [-0.39, 0.29) is 0 Å². The first-order valence-corrected chi connectivity index (χ1v) is 7.55. The van der Waals surface area contributed by atoms with E-state index in [0.29, 0.717) is 6.04 Å². The van der Waals surface area contributed by atoms with Crippen molar-refractivity contribution >= 4 is 17.2 Å². The van der Waals surface area contributed by atoms with Crippen molar-refractivity contribution in [1.82, 2.24) is 10.3 Å². The van der Waals surface area contributed by atoms with Crippen molar-refractivity contribution in [3.05, 3.63) is 60.3 Å². The Morgan fingerprint density at radius 3 is 2.82 bits per heavy atom. The van der Waals surface area contributed by atoms with Crippen LogP contribution in [0.25, 0.3) is 28.5 Å². The zero-order valence-electron chi connectivity index (χ0n) is 12.9. The molecular formula is C19H20N2O. The number of benzene rings is 1. The second-order valence-electron chi connectivity index (χ2n) is 5.46. The molecule has 1 atom stereocenters. The van der Waals surface area contributed by atoms with Crippen molar-refractivity contribution in [2.75, 3.05) is 7.05 Å². The minimum absolute atomic E-state index is 0.473. The zero-order valence-corrected chi connectivity index (χ0v) is 12.9. The highest BCUT2D eigenvalue weighted by Crippen LogP contribution is 2.27.